The summed E-state index contributed by atoms with van der Waals surface area (Å²) in [4.78, 5) is 0. The Morgan fingerprint density at radius 1 is 1.35 bits per heavy atom. The average molecular weight is 267 g/mol. The van der Waals surface area contributed by atoms with Crippen LogP contribution < -0.4 is 5.73 Å². The van der Waals surface area contributed by atoms with Crippen molar-refractivity contribution in [2.24, 2.45) is 0 Å². The number of hydrogen-bond acceptors (Lipinski definition) is 2. The van der Waals surface area contributed by atoms with Crippen molar-refractivity contribution in [3.05, 3.63) is 27.8 Å². The lowest BCUT2D eigenvalue weighted by Gasteiger charge is -2.15. The van der Waals surface area contributed by atoms with E-state index in [2.05, 4.69) is 0 Å². The quantitative estimate of drug-likeness (QED) is 0.579. The summed E-state index contributed by atoms with van der Waals surface area (Å²) in [6.07, 6.45) is -3.75. The maximum absolute atomic E-state index is 12.6. The Kier molecular flexibility index (Phi) is 5.48. The van der Waals surface area contributed by atoms with Crippen molar-refractivity contribution in [3.8, 4) is 0 Å². The van der Waals surface area contributed by atoms with Crippen LogP contribution in [0.2, 0.25) is 5.02 Å². The monoisotopic (exact) mass is 266 g/mol. The van der Waals surface area contributed by atoms with Crippen molar-refractivity contribution in [1.82, 2.24) is 0 Å². The van der Waals surface area contributed by atoms with E-state index in [-0.39, 0.29) is 16.8 Å². The van der Waals surface area contributed by atoms with Crippen LogP contribution >= 0.6 is 11.6 Å². The van der Waals surface area contributed by atoms with Gasteiger partial charge in [-0.2, -0.15) is 13.2 Å². The summed E-state index contributed by atoms with van der Waals surface area (Å²) in [7, 11) is 0. The normalized spacial score (nSPS) is 10.5. The van der Waals surface area contributed by atoms with Gasteiger partial charge >= 0.3 is 6.18 Å². The molecule has 0 bridgehead atoms. The second-order valence-corrected chi connectivity index (χ2v) is 3.41. The summed E-state index contributed by atoms with van der Waals surface area (Å²) < 4.78 is 37.7. The van der Waals surface area contributed by atoms with Crippen LogP contribution in [0.3, 0.4) is 0 Å². The summed E-state index contributed by atoms with van der Waals surface area (Å²) in [6, 6.07) is 1.01. The van der Waals surface area contributed by atoms with Crippen molar-refractivity contribution in [2.45, 2.75) is 26.9 Å². The van der Waals surface area contributed by atoms with Crippen LogP contribution in [-0.2, 0) is 6.18 Å². The van der Waals surface area contributed by atoms with Gasteiger partial charge < -0.3 is 11.1 Å². The largest absolute Gasteiger partial charge is 0.418 e. The Labute approximate surface area is 103 Å². The molecule has 0 fully saturated rings. The third kappa shape index (κ3) is 3.36. The van der Waals surface area contributed by atoms with Gasteiger partial charge in [-0.1, -0.05) is 25.4 Å². The van der Waals surface area contributed by atoms with Crippen LogP contribution in [0.25, 0.3) is 0 Å². The molecule has 0 atom stereocenters. The van der Waals surface area contributed by atoms with E-state index in [0.29, 0.717) is 0 Å². The highest BCUT2D eigenvalue weighted by Gasteiger charge is 2.36. The Bertz CT molecular complexity index is 414. The molecule has 0 aliphatic carbocycles. The Morgan fingerprint density at radius 2 is 1.82 bits per heavy atom. The Hall–Kier alpha value is -1.23. The molecule has 17 heavy (non-hydrogen) atoms. The minimum absolute atomic E-state index is 0.0479. The number of hydrogen-bond donors (Lipinski definition) is 2. The van der Waals surface area contributed by atoms with Gasteiger partial charge in [-0.3, -0.25) is 0 Å². The topological polar surface area (TPSA) is 49.9 Å². The first-order valence-electron chi connectivity index (χ1n) is 4.95. The molecule has 0 saturated carbocycles. The van der Waals surface area contributed by atoms with Gasteiger partial charge in [0.25, 0.3) is 0 Å². The summed E-state index contributed by atoms with van der Waals surface area (Å²) in [5.41, 5.74) is 4.50. The highest BCUT2D eigenvalue weighted by molar-refractivity contribution is 6.32. The third-order valence-corrected chi connectivity index (χ3v) is 2.34. The number of halogens is 4. The number of alkyl halides is 3. The maximum atomic E-state index is 12.6. The van der Waals surface area contributed by atoms with Crippen molar-refractivity contribution in [2.75, 3.05) is 5.73 Å². The summed E-state index contributed by atoms with van der Waals surface area (Å²) in [5, 5.41) is 6.54. The fourth-order valence-corrected chi connectivity index (χ4v) is 1.72. The van der Waals surface area contributed by atoms with Gasteiger partial charge in [-0.25, -0.2) is 0 Å². The van der Waals surface area contributed by atoms with Crippen molar-refractivity contribution in [1.29, 1.82) is 5.41 Å². The first-order valence-corrected chi connectivity index (χ1v) is 5.33. The molecule has 0 saturated heterocycles. The zero-order chi connectivity index (χ0) is 13.8. The molecule has 0 aliphatic heterocycles. The van der Waals surface area contributed by atoms with Crippen LogP contribution in [0, 0.1) is 12.3 Å². The molecule has 0 aromatic heterocycles. The molecule has 2 nitrogen and oxygen atoms in total. The molecule has 96 valence electrons. The number of nitrogens with two attached hydrogens (primary N) is 1. The molecule has 0 heterocycles. The zero-order valence-electron chi connectivity index (χ0n) is 9.74. The SMILES string of the molecule is CC.Cc1c(C=N)c(N)cc(Cl)c1C(F)(F)F. The summed E-state index contributed by atoms with van der Waals surface area (Å²) in [5.74, 6) is 0. The lowest BCUT2D eigenvalue weighted by molar-refractivity contribution is -0.137. The van der Waals surface area contributed by atoms with Crippen LogP contribution in [0.15, 0.2) is 6.07 Å². The van der Waals surface area contributed by atoms with E-state index in [1.165, 1.54) is 6.92 Å². The van der Waals surface area contributed by atoms with Gasteiger partial charge in [0.15, 0.2) is 0 Å². The Morgan fingerprint density at radius 3 is 2.18 bits per heavy atom. The number of anilines is 1. The minimum atomic E-state index is -4.54. The van der Waals surface area contributed by atoms with Gasteiger partial charge in [-0.15, -0.1) is 0 Å². The van der Waals surface area contributed by atoms with Crippen molar-refractivity contribution >= 4 is 23.5 Å². The van der Waals surface area contributed by atoms with E-state index >= 15 is 0 Å². The molecule has 0 aliphatic rings. The fourth-order valence-electron chi connectivity index (χ4n) is 1.36. The van der Waals surface area contributed by atoms with Crippen LogP contribution in [0.5, 0.6) is 0 Å². The average Bonchev–Trinajstić information content (AvgIpc) is 2.18. The highest BCUT2D eigenvalue weighted by atomic mass is 35.5. The van der Waals surface area contributed by atoms with Gasteiger partial charge in [0.1, 0.15) is 0 Å². The van der Waals surface area contributed by atoms with Crippen molar-refractivity contribution in [3.63, 3.8) is 0 Å². The fraction of sp³-hybridized carbons (Fsp3) is 0.364. The van der Waals surface area contributed by atoms with Gasteiger partial charge in [-0.05, 0) is 18.6 Å². The molecule has 0 spiro atoms. The van der Waals surface area contributed by atoms with Crippen LogP contribution in [-0.4, -0.2) is 6.21 Å². The molecule has 1 rings (SSSR count). The van der Waals surface area contributed by atoms with E-state index in [0.717, 1.165) is 12.3 Å². The lowest BCUT2D eigenvalue weighted by atomic mass is 10.0. The highest BCUT2D eigenvalue weighted by Crippen LogP contribution is 2.39. The van der Waals surface area contributed by atoms with E-state index in [1.54, 1.807) is 0 Å². The van der Waals surface area contributed by atoms with Gasteiger partial charge in [0.05, 0.1) is 10.6 Å². The predicted octanol–water partition coefficient (Wildman–Crippen LogP) is 4.27. The molecule has 6 heteroatoms. The molecule has 0 unspecified atom stereocenters. The summed E-state index contributed by atoms with van der Waals surface area (Å²) in [6.45, 7) is 5.24. The zero-order valence-corrected chi connectivity index (χ0v) is 10.5. The molecule has 0 amide bonds. The molecule has 1 aromatic rings. The Balaban J connectivity index is 0.00000121. The number of nitrogens with one attached hydrogen (secondary N) is 1. The van der Waals surface area contributed by atoms with Crippen molar-refractivity contribution < 1.29 is 13.2 Å². The number of rotatable bonds is 1. The maximum Gasteiger partial charge on any atom is 0.418 e. The summed E-state index contributed by atoms with van der Waals surface area (Å²) >= 11 is 5.47. The van der Waals surface area contributed by atoms with E-state index < -0.39 is 16.8 Å². The number of nitrogen functional groups attached to an aromatic ring is 1. The lowest BCUT2D eigenvalue weighted by Crippen LogP contribution is -2.11. The van der Waals surface area contributed by atoms with Crippen LogP contribution in [0.1, 0.15) is 30.5 Å². The van der Waals surface area contributed by atoms with Gasteiger partial charge in [0, 0.05) is 17.5 Å². The second-order valence-electron chi connectivity index (χ2n) is 3.00. The molecule has 1 aromatic carbocycles. The third-order valence-electron chi connectivity index (χ3n) is 2.04. The second kappa shape index (κ2) is 5.91. The molecular weight excluding hydrogens is 253 g/mol. The smallest absolute Gasteiger partial charge is 0.398 e. The number of benzene rings is 1. The molecule has 3 N–H and O–H groups in total. The first kappa shape index (κ1) is 15.8. The van der Waals surface area contributed by atoms with E-state index in [4.69, 9.17) is 22.7 Å². The molecular formula is C11H14ClF3N2. The molecule has 0 radical (unpaired) electrons. The minimum Gasteiger partial charge on any atom is -0.398 e. The van der Waals surface area contributed by atoms with E-state index in [1.807, 2.05) is 13.8 Å². The van der Waals surface area contributed by atoms with Gasteiger partial charge in [0.2, 0.25) is 0 Å². The van der Waals surface area contributed by atoms with E-state index in [9.17, 15) is 13.2 Å². The standard InChI is InChI=1S/C9H8ClF3N2.C2H6/c1-4-5(3-14)7(15)2-6(10)8(4)9(11,12)13;1-2/h2-3,14H,15H2,1H3;1-2H3. The van der Waals surface area contributed by atoms with Crippen LogP contribution in [0.4, 0.5) is 18.9 Å². The first-order chi connectivity index (χ1) is 7.79. The predicted molar refractivity (Wildman–Crippen MR) is 64.8 cm³/mol.